The maximum atomic E-state index is 4.97. The zero-order valence-corrected chi connectivity index (χ0v) is 13.9. The fourth-order valence-corrected chi connectivity index (χ4v) is 4.11. The van der Waals surface area contributed by atoms with Crippen LogP contribution in [0.4, 0.5) is 0 Å². The molecule has 0 amide bonds. The molecule has 0 saturated carbocycles. The van der Waals surface area contributed by atoms with E-state index in [4.69, 9.17) is 4.98 Å². The first kappa shape index (κ1) is 14.2. The third-order valence-electron chi connectivity index (χ3n) is 5.37. The van der Waals surface area contributed by atoms with E-state index in [0.29, 0.717) is 5.92 Å². The van der Waals surface area contributed by atoms with Crippen LogP contribution in [-0.4, -0.2) is 44.8 Å². The van der Waals surface area contributed by atoms with E-state index in [2.05, 4.69) is 50.2 Å². The monoisotopic (exact) mass is 322 g/mol. The highest BCUT2D eigenvalue weighted by molar-refractivity contribution is 5.82. The van der Waals surface area contributed by atoms with E-state index < -0.39 is 0 Å². The SMILES string of the molecule is CN1CCC(Cn2c(-c3ccc4[nH]ncc4c3)nc3c2CNC3)C1. The van der Waals surface area contributed by atoms with Crippen molar-refractivity contribution in [2.24, 2.45) is 5.92 Å². The predicted molar refractivity (Wildman–Crippen MR) is 93.5 cm³/mol. The summed E-state index contributed by atoms with van der Waals surface area (Å²) in [7, 11) is 2.22. The van der Waals surface area contributed by atoms with E-state index in [1.807, 2.05) is 6.20 Å². The summed E-state index contributed by atoms with van der Waals surface area (Å²) in [6.45, 7) is 5.26. The number of likely N-dealkylation sites (tertiary alicyclic amines) is 1. The molecule has 0 bridgehead atoms. The fraction of sp³-hybridized carbons (Fsp3) is 0.444. The maximum Gasteiger partial charge on any atom is 0.140 e. The summed E-state index contributed by atoms with van der Waals surface area (Å²) in [5, 5.41) is 11.7. The minimum atomic E-state index is 0.713. The molecule has 2 aliphatic heterocycles. The van der Waals surface area contributed by atoms with E-state index in [0.717, 1.165) is 36.4 Å². The van der Waals surface area contributed by atoms with Gasteiger partial charge in [-0.3, -0.25) is 5.10 Å². The lowest BCUT2D eigenvalue weighted by atomic mass is 10.1. The second-order valence-corrected chi connectivity index (χ2v) is 7.13. The quantitative estimate of drug-likeness (QED) is 0.774. The number of aromatic amines is 1. The van der Waals surface area contributed by atoms with Gasteiger partial charge in [0.2, 0.25) is 0 Å². The fourth-order valence-electron chi connectivity index (χ4n) is 4.11. The summed E-state index contributed by atoms with van der Waals surface area (Å²) < 4.78 is 2.46. The molecule has 0 spiro atoms. The number of nitrogens with zero attached hydrogens (tertiary/aromatic N) is 4. The van der Waals surface area contributed by atoms with Crippen molar-refractivity contribution in [1.82, 2.24) is 30.0 Å². The number of hydrogen-bond acceptors (Lipinski definition) is 4. The molecule has 6 heteroatoms. The molecule has 1 aromatic carbocycles. The average Bonchev–Trinajstić information content (AvgIpc) is 3.32. The van der Waals surface area contributed by atoms with Gasteiger partial charge in [-0.25, -0.2) is 4.98 Å². The lowest BCUT2D eigenvalue weighted by Crippen LogP contribution is -2.19. The Morgan fingerprint density at radius 3 is 3.12 bits per heavy atom. The topological polar surface area (TPSA) is 61.8 Å². The molecule has 1 saturated heterocycles. The molecule has 0 radical (unpaired) electrons. The van der Waals surface area contributed by atoms with Crippen LogP contribution in [0.1, 0.15) is 17.8 Å². The number of aromatic nitrogens is 4. The second kappa shape index (κ2) is 5.43. The summed E-state index contributed by atoms with van der Waals surface area (Å²) in [6, 6.07) is 6.45. The first-order valence-electron chi connectivity index (χ1n) is 8.69. The Balaban J connectivity index is 1.57. The van der Waals surface area contributed by atoms with Crippen LogP contribution < -0.4 is 5.32 Å². The van der Waals surface area contributed by atoms with Gasteiger partial charge in [-0.15, -0.1) is 0 Å². The van der Waals surface area contributed by atoms with Crippen LogP contribution in [0, 0.1) is 5.92 Å². The number of fused-ring (bicyclic) bond motifs is 2. The lowest BCUT2D eigenvalue weighted by molar-refractivity contribution is 0.376. The molecule has 6 nitrogen and oxygen atoms in total. The van der Waals surface area contributed by atoms with Crippen LogP contribution in [0.2, 0.25) is 0 Å². The van der Waals surface area contributed by atoms with Crippen molar-refractivity contribution in [3.63, 3.8) is 0 Å². The number of H-pyrrole nitrogens is 1. The van der Waals surface area contributed by atoms with Crippen molar-refractivity contribution in [3.05, 3.63) is 35.8 Å². The highest BCUT2D eigenvalue weighted by Crippen LogP contribution is 2.29. The van der Waals surface area contributed by atoms with Crippen LogP contribution >= 0.6 is 0 Å². The molecule has 24 heavy (non-hydrogen) atoms. The van der Waals surface area contributed by atoms with Gasteiger partial charge in [-0.1, -0.05) is 0 Å². The highest BCUT2D eigenvalue weighted by Gasteiger charge is 2.26. The number of benzene rings is 1. The summed E-state index contributed by atoms with van der Waals surface area (Å²) in [5.41, 5.74) is 4.84. The Hall–Kier alpha value is -2.18. The van der Waals surface area contributed by atoms with Crippen LogP contribution in [0.5, 0.6) is 0 Å². The molecule has 4 heterocycles. The van der Waals surface area contributed by atoms with Gasteiger partial charge in [0.25, 0.3) is 0 Å². The predicted octanol–water partition coefficient (Wildman–Crippen LogP) is 1.98. The van der Waals surface area contributed by atoms with Crippen molar-refractivity contribution in [3.8, 4) is 11.4 Å². The van der Waals surface area contributed by atoms with Crippen molar-refractivity contribution >= 4 is 10.9 Å². The molecule has 2 N–H and O–H groups in total. The average molecular weight is 322 g/mol. The molecule has 2 aromatic heterocycles. The zero-order chi connectivity index (χ0) is 16.1. The standard InChI is InChI=1S/C18H22N6/c1-23-5-4-12(10-23)11-24-17-9-19-8-16(17)21-18(24)13-2-3-15-14(6-13)7-20-22-15/h2-3,6-7,12,19H,4-5,8-11H2,1H3,(H,20,22). The molecule has 2 aliphatic rings. The van der Waals surface area contributed by atoms with Gasteiger partial charge < -0.3 is 14.8 Å². The number of rotatable bonds is 3. The van der Waals surface area contributed by atoms with E-state index in [1.165, 1.54) is 36.5 Å². The molecule has 1 atom stereocenters. The smallest absolute Gasteiger partial charge is 0.140 e. The summed E-state index contributed by atoms with van der Waals surface area (Å²) in [5.74, 6) is 1.82. The Labute approximate surface area is 140 Å². The Bertz CT molecular complexity index is 892. The van der Waals surface area contributed by atoms with Crippen LogP contribution in [0.15, 0.2) is 24.4 Å². The molecule has 0 aliphatic carbocycles. The second-order valence-electron chi connectivity index (χ2n) is 7.13. The Morgan fingerprint density at radius 1 is 1.29 bits per heavy atom. The van der Waals surface area contributed by atoms with Crippen molar-refractivity contribution < 1.29 is 0 Å². The summed E-state index contributed by atoms with van der Waals surface area (Å²) in [4.78, 5) is 7.40. The normalized spacial score (nSPS) is 21.0. The number of nitrogens with one attached hydrogen (secondary N) is 2. The van der Waals surface area contributed by atoms with Gasteiger partial charge in [-0.05, 0) is 44.1 Å². The summed E-state index contributed by atoms with van der Waals surface area (Å²) >= 11 is 0. The molecule has 5 rings (SSSR count). The lowest BCUT2D eigenvalue weighted by Gasteiger charge is -2.16. The van der Waals surface area contributed by atoms with E-state index in [-0.39, 0.29) is 0 Å². The first-order chi connectivity index (χ1) is 11.8. The molecular formula is C18H22N6. The Morgan fingerprint density at radius 2 is 2.25 bits per heavy atom. The van der Waals surface area contributed by atoms with Gasteiger partial charge >= 0.3 is 0 Å². The zero-order valence-electron chi connectivity index (χ0n) is 13.9. The van der Waals surface area contributed by atoms with Crippen LogP contribution in [0.25, 0.3) is 22.3 Å². The van der Waals surface area contributed by atoms with Crippen molar-refractivity contribution in [2.75, 3.05) is 20.1 Å². The highest BCUT2D eigenvalue weighted by atomic mass is 15.2. The van der Waals surface area contributed by atoms with Crippen LogP contribution in [0.3, 0.4) is 0 Å². The molecular weight excluding hydrogens is 300 g/mol. The minimum absolute atomic E-state index is 0.713. The Kier molecular flexibility index (Phi) is 3.21. The van der Waals surface area contributed by atoms with Gasteiger partial charge in [0.15, 0.2) is 0 Å². The van der Waals surface area contributed by atoms with E-state index >= 15 is 0 Å². The largest absolute Gasteiger partial charge is 0.326 e. The van der Waals surface area contributed by atoms with Gasteiger partial charge in [-0.2, -0.15) is 5.10 Å². The van der Waals surface area contributed by atoms with Gasteiger partial charge in [0.1, 0.15) is 5.82 Å². The first-order valence-corrected chi connectivity index (χ1v) is 8.69. The van der Waals surface area contributed by atoms with E-state index in [9.17, 15) is 0 Å². The minimum Gasteiger partial charge on any atom is -0.326 e. The van der Waals surface area contributed by atoms with Crippen LogP contribution in [-0.2, 0) is 19.6 Å². The molecule has 124 valence electrons. The third-order valence-corrected chi connectivity index (χ3v) is 5.37. The number of imidazole rings is 1. The van der Waals surface area contributed by atoms with Gasteiger partial charge in [0, 0.05) is 37.1 Å². The molecule has 1 fully saturated rings. The third kappa shape index (κ3) is 2.25. The number of hydrogen-bond donors (Lipinski definition) is 2. The van der Waals surface area contributed by atoms with Crippen molar-refractivity contribution in [2.45, 2.75) is 26.1 Å². The molecule has 3 aromatic rings. The van der Waals surface area contributed by atoms with Crippen molar-refractivity contribution in [1.29, 1.82) is 0 Å². The maximum absolute atomic E-state index is 4.97. The van der Waals surface area contributed by atoms with Gasteiger partial charge in [0.05, 0.1) is 23.1 Å². The van der Waals surface area contributed by atoms with E-state index in [1.54, 1.807) is 0 Å². The summed E-state index contributed by atoms with van der Waals surface area (Å²) in [6.07, 6.45) is 3.16. The molecule has 1 unspecified atom stereocenters.